The Balaban J connectivity index is 2.51. The molecule has 1 heteroatoms. The highest BCUT2D eigenvalue weighted by Crippen LogP contribution is 2.23. The summed E-state index contributed by atoms with van der Waals surface area (Å²) in [4.78, 5) is 0. The van der Waals surface area contributed by atoms with Crippen LogP contribution in [-0.2, 0) is 0 Å². The van der Waals surface area contributed by atoms with Gasteiger partial charge in [-0.25, -0.2) is 0 Å². The highest BCUT2D eigenvalue weighted by atomic mass is 14.9. The van der Waals surface area contributed by atoms with E-state index >= 15 is 0 Å². The molecule has 3 unspecified atom stereocenters. The lowest BCUT2D eigenvalue weighted by molar-refractivity contribution is 0.370. The molecule has 0 fully saturated rings. The third-order valence-electron chi connectivity index (χ3n) is 2.54. The maximum atomic E-state index is 3.27. The number of nitrogens with one attached hydrogen (secondary N) is 1. The van der Waals surface area contributed by atoms with Gasteiger partial charge in [0.1, 0.15) is 0 Å². The minimum atomic E-state index is 0.617. The van der Waals surface area contributed by atoms with Crippen LogP contribution in [0.2, 0.25) is 0 Å². The Morgan fingerprint density at radius 2 is 2.00 bits per heavy atom. The number of allylic oxidation sites excluding steroid dienone is 1. The van der Waals surface area contributed by atoms with Gasteiger partial charge in [0.2, 0.25) is 0 Å². The first kappa shape index (κ1) is 7.80. The fourth-order valence-corrected chi connectivity index (χ4v) is 1.41. The molecule has 1 rings (SSSR count). The van der Waals surface area contributed by atoms with Gasteiger partial charge in [-0.3, -0.25) is 0 Å². The summed E-state index contributed by atoms with van der Waals surface area (Å²) >= 11 is 0. The normalized spacial score (nSPS) is 40.1. The topological polar surface area (TPSA) is 12.0 Å². The average molecular weight is 139 g/mol. The Hall–Kier alpha value is -0.300. The first-order chi connectivity index (χ1) is 4.74. The van der Waals surface area contributed by atoms with Gasteiger partial charge in [-0.1, -0.05) is 26.0 Å². The van der Waals surface area contributed by atoms with Gasteiger partial charge in [0.15, 0.2) is 0 Å². The molecule has 0 aromatic heterocycles. The molecule has 0 saturated heterocycles. The van der Waals surface area contributed by atoms with Crippen molar-refractivity contribution in [1.29, 1.82) is 0 Å². The van der Waals surface area contributed by atoms with E-state index in [-0.39, 0.29) is 0 Å². The van der Waals surface area contributed by atoms with Crippen molar-refractivity contribution in [3.8, 4) is 0 Å². The molecule has 1 N–H and O–H groups in total. The van der Waals surface area contributed by atoms with E-state index in [1.807, 2.05) is 7.05 Å². The molecular weight excluding hydrogens is 122 g/mol. The zero-order chi connectivity index (χ0) is 7.56. The van der Waals surface area contributed by atoms with Crippen LogP contribution >= 0.6 is 0 Å². The first-order valence-electron chi connectivity index (χ1n) is 4.09. The zero-order valence-electron chi connectivity index (χ0n) is 7.09. The third kappa shape index (κ3) is 1.60. The Labute approximate surface area is 63.5 Å². The molecule has 1 aliphatic carbocycles. The lowest BCUT2D eigenvalue weighted by atomic mass is 9.84. The fourth-order valence-electron chi connectivity index (χ4n) is 1.41. The van der Waals surface area contributed by atoms with Crippen LogP contribution in [0.25, 0.3) is 0 Å². The van der Waals surface area contributed by atoms with Crippen molar-refractivity contribution >= 4 is 0 Å². The average Bonchev–Trinajstić information content (AvgIpc) is 1.95. The minimum Gasteiger partial charge on any atom is -0.314 e. The third-order valence-corrected chi connectivity index (χ3v) is 2.54. The van der Waals surface area contributed by atoms with Gasteiger partial charge in [-0.05, 0) is 25.3 Å². The summed E-state index contributed by atoms with van der Waals surface area (Å²) in [6, 6.07) is 0.617. The van der Waals surface area contributed by atoms with Gasteiger partial charge >= 0.3 is 0 Å². The fraction of sp³-hybridized carbons (Fsp3) is 0.778. The van der Waals surface area contributed by atoms with E-state index in [1.54, 1.807) is 0 Å². The lowest BCUT2D eigenvalue weighted by Crippen LogP contribution is -2.29. The summed E-state index contributed by atoms with van der Waals surface area (Å²) in [5, 5.41) is 3.27. The van der Waals surface area contributed by atoms with Crippen molar-refractivity contribution in [2.75, 3.05) is 7.05 Å². The molecule has 0 saturated carbocycles. The summed E-state index contributed by atoms with van der Waals surface area (Å²) in [6.07, 6.45) is 5.88. The summed E-state index contributed by atoms with van der Waals surface area (Å²) in [6.45, 7) is 4.60. The summed E-state index contributed by atoms with van der Waals surface area (Å²) in [5.41, 5.74) is 0. The van der Waals surface area contributed by atoms with Crippen molar-refractivity contribution in [2.24, 2.45) is 11.8 Å². The van der Waals surface area contributed by atoms with Crippen LogP contribution in [0.3, 0.4) is 0 Å². The van der Waals surface area contributed by atoms with E-state index in [2.05, 4.69) is 31.3 Å². The molecule has 0 radical (unpaired) electrons. The van der Waals surface area contributed by atoms with Gasteiger partial charge in [0.25, 0.3) is 0 Å². The molecule has 0 heterocycles. The van der Waals surface area contributed by atoms with Crippen LogP contribution in [0.1, 0.15) is 20.3 Å². The van der Waals surface area contributed by atoms with E-state index in [9.17, 15) is 0 Å². The Morgan fingerprint density at radius 3 is 2.50 bits per heavy atom. The standard InChI is InChI=1S/C9H17N/c1-7-4-5-9(10-3)6-8(7)2/h4-5,7-10H,6H2,1-3H3. The van der Waals surface area contributed by atoms with Crippen molar-refractivity contribution in [3.63, 3.8) is 0 Å². The molecule has 3 atom stereocenters. The Bertz CT molecular complexity index is 129. The van der Waals surface area contributed by atoms with E-state index in [0.717, 1.165) is 11.8 Å². The van der Waals surface area contributed by atoms with E-state index in [0.29, 0.717) is 6.04 Å². The highest BCUT2D eigenvalue weighted by Gasteiger charge is 2.17. The molecule has 0 spiro atoms. The summed E-state index contributed by atoms with van der Waals surface area (Å²) in [7, 11) is 2.03. The van der Waals surface area contributed by atoms with Crippen LogP contribution in [-0.4, -0.2) is 13.1 Å². The predicted octanol–water partition coefficient (Wildman–Crippen LogP) is 1.81. The van der Waals surface area contributed by atoms with Crippen molar-refractivity contribution in [2.45, 2.75) is 26.3 Å². The van der Waals surface area contributed by atoms with Gasteiger partial charge in [0.05, 0.1) is 0 Å². The molecule has 0 aromatic rings. The maximum Gasteiger partial charge on any atom is 0.0249 e. The molecule has 0 amide bonds. The maximum absolute atomic E-state index is 3.27. The first-order valence-corrected chi connectivity index (χ1v) is 4.09. The van der Waals surface area contributed by atoms with E-state index < -0.39 is 0 Å². The van der Waals surface area contributed by atoms with Crippen molar-refractivity contribution in [1.82, 2.24) is 5.32 Å². The number of hydrogen-bond acceptors (Lipinski definition) is 1. The minimum absolute atomic E-state index is 0.617. The second kappa shape index (κ2) is 3.20. The highest BCUT2D eigenvalue weighted by molar-refractivity contribution is 5.02. The molecule has 10 heavy (non-hydrogen) atoms. The largest absolute Gasteiger partial charge is 0.314 e. The Kier molecular flexibility index (Phi) is 2.50. The molecule has 1 aliphatic rings. The smallest absolute Gasteiger partial charge is 0.0249 e. The molecule has 0 aromatic carbocycles. The quantitative estimate of drug-likeness (QED) is 0.546. The molecule has 0 aliphatic heterocycles. The summed E-state index contributed by atoms with van der Waals surface area (Å²) in [5.74, 6) is 1.60. The Morgan fingerprint density at radius 1 is 1.30 bits per heavy atom. The SMILES string of the molecule is CNC1C=CC(C)C(C)C1. The van der Waals surface area contributed by atoms with Gasteiger partial charge < -0.3 is 5.32 Å². The molecule has 58 valence electrons. The van der Waals surface area contributed by atoms with Crippen LogP contribution in [0.4, 0.5) is 0 Å². The molecular formula is C9H17N. The van der Waals surface area contributed by atoms with Gasteiger partial charge in [-0.2, -0.15) is 0 Å². The predicted molar refractivity (Wildman–Crippen MR) is 44.9 cm³/mol. The number of likely N-dealkylation sites (N-methyl/N-ethyl adjacent to an activating group) is 1. The van der Waals surface area contributed by atoms with Crippen LogP contribution in [0.5, 0.6) is 0 Å². The second-order valence-electron chi connectivity index (χ2n) is 3.35. The second-order valence-corrected chi connectivity index (χ2v) is 3.35. The van der Waals surface area contributed by atoms with Gasteiger partial charge in [-0.15, -0.1) is 0 Å². The van der Waals surface area contributed by atoms with Crippen LogP contribution in [0.15, 0.2) is 12.2 Å². The van der Waals surface area contributed by atoms with Crippen LogP contribution in [0, 0.1) is 11.8 Å². The van der Waals surface area contributed by atoms with Gasteiger partial charge in [0, 0.05) is 6.04 Å². The molecule has 1 nitrogen and oxygen atoms in total. The molecule has 0 bridgehead atoms. The van der Waals surface area contributed by atoms with E-state index in [4.69, 9.17) is 0 Å². The van der Waals surface area contributed by atoms with Crippen molar-refractivity contribution in [3.05, 3.63) is 12.2 Å². The van der Waals surface area contributed by atoms with E-state index in [1.165, 1.54) is 6.42 Å². The summed E-state index contributed by atoms with van der Waals surface area (Å²) < 4.78 is 0. The number of rotatable bonds is 1. The lowest BCUT2D eigenvalue weighted by Gasteiger charge is -2.26. The number of hydrogen-bond donors (Lipinski definition) is 1. The zero-order valence-corrected chi connectivity index (χ0v) is 7.09. The van der Waals surface area contributed by atoms with Crippen LogP contribution < -0.4 is 5.32 Å². The monoisotopic (exact) mass is 139 g/mol. The van der Waals surface area contributed by atoms with Crippen molar-refractivity contribution < 1.29 is 0 Å².